The minimum atomic E-state index is 0.798. The molecule has 4 rings (SSSR count). The molecule has 1 aromatic carbocycles. The van der Waals surface area contributed by atoms with Gasteiger partial charge in [-0.3, -0.25) is 4.68 Å². The van der Waals surface area contributed by atoms with Crippen molar-refractivity contribution in [1.82, 2.24) is 19.7 Å². The number of morpholine rings is 1. The van der Waals surface area contributed by atoms with Crippen LogP contribution in [-0.2, 0) is 18.2 Å². The van der Waals surface area contributed by atoms with Crippen LogP contribution >= 0.6 is 0 Å². The maximum atomic E-state index is 5.47. The Morgan fingerprint density at radius 2 is 2.00 bits per heavy atom. The van der Waals surface area contributed by atoms with Gasteiger partial charge >= 0.3 is 0 Å². The van der Waals surface area contributed by atoms with E-state index in [4.69, 9.17) is 4.74 Å². The first-order valence-corrected chi connectivity index (χ1v) is 8.60. The molecule has 0 radical (unpaired) electrons. The smallest absolute Gasteiger partial charge is 0.163 e. The highest BCUT2D eigenvalue weighted by Crippen LogP contribution is 2.23. The number of hydrogen-bond donors (Lipinski definition) is 1. The monoisotopic (exact) mass is 338 g/mol. The summed E-state index contributed by atoms with van der Waals surface area (Å²) in [4.78, 5) is 11.0. The molecule has 25 heavy (non-hydrogen) atoms. The molecule has 1 aliphatic rings. The van der Waals surface area contributed by atoms with Crippen LogP contribution in [0.1, 0.15) is 5.56 Å². The maximum absolute atomic E-state index is 5.47. The molecule has 0 saturated carbocycles. The van der Waals surface area contributed by atoms with E-state index in [1.165, 1.54) is 11.3 Å². The zero-order valence-corrected chi connectivity index (χ0v) is 14.4. The van der Waals surface area contributed by atoms with E-state index in [0.29, 0.717) is 0 Å². The van der Waals surface area contributed by atoms with Crippen molar-refractivity contribution in [2.75, 3.05) is 43.1 Å². The quantitative estimate of drug-likeness (QED) is 0.766. The first-order valence-electron chi connectivity index (χ1n) is 8.60. The van der Waals surface area contributed by atoms with E-state index in [-0.39, 0.29) is 0 Å². The number of hydrogen-bond acceptors (Lipinski definition) is 6. The minimum Gasteiger partial charge on any atom is -0.378 e. The predicted octanol–water partition coefficient (Wildman–Crippen LogP) is 1.85. The van der Waals surface area contributed by atoms with E-state index < -0.39 is 0 Å². The molecule has 7 nitrogen and oxygen atoms in total. The van der Waals surface area contributed by atoms with Crippen LogP contribution in [-0.4, -0.2) is 52.6 Å². The van der Waals surface area contributed by atoms with Crippen LogP contribution in [0.3, 0.4) is 0 Å². The van der Waals surface area contributed by atoms with Crippen molar-refractivity contribution < 1.29 is 4.74 Å². The number of rotatable bonds is 5. The van der Waals surface area contributed by atoms with E-state index >= 15 is 0 Å². The number of aromatic nitrogens is 4. The molecule has 1 N–H and O–H groups in total. The Morgan fingerprint density at radius 3 is 2.88 bits per heavy atom. The lowest BCUT2D eigenvalue weighted by molar-refractivity contribution is 0.122. The number of anilines is 2. The first-order chi connectivity index (χ1) is 12.3. The molecule has 7 heteroatoms. The third-order valence-corrected chi connectivity index (χ3v) is 4.56. The fourth-order valence-corrected chi connectivity index (χ4v) is 3.25. The largest absolute Gasteiger partial charge is 0.378 e. The molecule has 0 aliphatic carbocycles. The van der Waals surface area contributed by atoms with Gasteiger partial charge in [-0.25, -0.2) is 9.97 Å². The lowest BCUT2D eigenvalue weighted by Gasteiger charge is -2.30. The molecule has 3 heterocycles. The van der Waals surface area contributed by atoms with Gasteiger partial charge in [0.15, 0.2) is 5.65 Å². The Bertz CT molecular complexity index is 856. The molecule has 0 atom stereocenters. The molecule has 0 bridgehead atoms. The van der Waals surface area contributed by atoms with Gasteiger partial charge in [-0.1, -0.05) is 18.2 Å². The first kappa shape index (κ1) is 15.8. The van der Waals surface area contributed by atoms with Gasteiger partial charge in [0.1, 0.15) is 12.1 Å². The van der Waals surface area contributed by atoms with Crippen LogP contribution in [0, 0.1) is 0 Å². The van der Waals surface area contributed by atoms with Gasteiger partial charge in [-0.15, -0.1) is 0 Å². The molecule has 1 aliphatic heterocycles. The van der Waals surface area contributed by atoms with E-state index in [1.807, 2.05) is 7.05 Å². The van der Waals surface area contributed by atoms with Crippen molar-refractivity contribution in [3.05, 3.63) is 42.4 Å². The molecular weight excluding hydrogens is 316 g/mol. The Kier molecular flexibility index (Phi) is 4.47. The second-order valence-electron chi connectivity index (χ2n) is 6.13. The summed E-state index contributed by atoms with van der Waals surface area (Å²) in [7, 11) is 1.89. The highest BCUT2D eigenvalue weighted by atomic mass is 16.5. The zero-order chi connectivity index (χ0) is 17.1. The Hall–Kier alpha value is -2.67. The molecule has 130 valence electrons. The van der Waals surface area contributed by atoms with E-state index in [0.717, 1.165) is 56.1 Å². The average Bonchev–Trinajstić information content (AvgIpc) is 3.05. The number of para-hydroxylation sites is 1. The number of benzene rings is 1. The summed E-state index contributed by atoms with van der Waals surface area (Å²) in [5, 5.41) is 8.64. The van der Waals surface area contributed by atoms with Gasteiger partial charge in [0.05, 0.1) is 24.8 Å². The van der Waals surface area contributed by atoms with E-state index in [1.54, 1.807) is 17.2 Å². The summed E-state index contributed by atoms with van der Waals surface area (Å²) in [6, 6.07) is 8.60. The lowest BCUT2D eigenvalue weighted by atomic mass is 10.1. The predicted molar refractivity (Wildman–Crippen MR) is 98.0 cm³/mol. The molecule has 3 aromatic rings. The molecule has 2 aromatic heterocycles. The number of ether oxygens (including phenoxy) is 1. The van der Waals surface area contributed by atoms with Gasteiger partial charge in [-0.2, -0.15) is 5.10 Å². The second kappa shape index (κ2) is 7.06. The van der Waals surface area contributed by atoms with Gasteiger partial charge < -0.3 is 15.0 Å². The number of fused-ring (bicyclic) bond motifs is 1. The van der Waals surface area contributed by atoms with Crippen molar-refractivity contribution in [1.29, 1.82) is 0 Å². The van der Waals surface area contributed by atoms with Gasteiger partial charge in [0.2, 0.25) is 0 Å². The molecule has 1 fully saturated rings. The van der Waals surface area contributed by atoms with Crippen molar-refractivity contribution in [3.8, 4) is 0 Å². The Labute approximate surface area is 146 Å². The fourth-order valence-electron chi connectivity index (χ4n) is 3.25. The van der Waals surface area contributed by atoms with Crippen molar-refractivity contribution >= 4 is 22.5 Å². The Morgan fingerprint density at radius 1 is 1.16 bits per heavy atom. The molecular formula is C18H22N6O. The highest BCUT2D eigenvalue weighted by molar-refractivity contribution is 5.85. The van der Waals surface area contributed by atoms with Gasteiger partial charge in [0.25, 0.3) is 0 Å². The maximum Gasteiger partial charge on any atom is 0.163 e. The van der Waals surface area contributed by atoms with Crippen LogP contribution in [0.5, 0.6) is 0 Å². The van der Waals surface area contributed by atoms with Crippen LogP contribution in [0.4, 0.5) is 11.5 Å². The summed E-state index contributed by atoms with van der Waals surface area (Å²) >= 11 is 0. The summed E-state index contributed by atoms with van der Waals surface area (Å²) in [6.07, 6.45) is 4.31. The van der Waals surface area contributed by atoms with Gasteiger partial charge in [-0.05, 0) is 18.1 Å². The highest BCUT2D eigenvalue weighted by Gasteiger charge is 2.14. The third-order valence-electron chi connectivity index (χ3n) is 4.56. The topological polar surface area (TPSA) is 68.1 Å². The van der Waals surface area contributed by atoms with Crippen LogP contribution in [0.15, 0.2) is 36.8 Å². The summed E-state index contributed by atoms with van der Waals surface area (Å²) < 4.78 is 7.23. The fraction of sp³-hybridized carbons (Fsp3) is 0.389. The summed E-state index contributed by atoms with van der Waals surface area (Å²) in [6.45, 7) is 4.31. The number of nitrogens with one attached hydrogen (secondary N) is 1. The van der Waals surface area contributed by atoms with Crippen LogP contribution < -0.4 is 10.2 Å². The second-order valence-corrected chi connectivity index (χ2v) is 6.13. The minimum absolute atomic E-state index is 0.798. The van der Waals surface area contributed by atoms with Crippen molar-refractivity contribution in [2.24, 2.45) is 7.05 Å². The van der Waals surface area contributed by atoms with Crippen molar-refractivity contribution in [2.45, 2.75) is 6.42 Å². The number of nitrogens with zero attached hydrogens (tertiary/aromatic N) is 5. The molecule has 0 unspecified atom stereocenters. The third kappa shape index (κ3) is 3.28. The number of aryl methyl sites for hydroxylation is 1. The van der Waals surface area contributed by atoms with Crippen molar-refractivity contribution in [3.63, 3.8) is 0 Å². The standard InChI is InChI=1S/C18H22N6O/c1-23-18-15(12-22-23)17(20-13-21-18)19-7-6-14-4-2-3-5-16(14)24-8-10-25-11-9-24/h2-5,12-13H,6-11H2,1H3,(H,19,20,21). The van der Waals surface area contributed by atoms with Crippen LogP contribution in [0.2, 0.25) is 0 Å². The lowest BCUT2D eigenvalue weighted by Crippen LogP contribution is -2.36. The van der Waals surface area contributed by atoms with Gasteiger partial charge in [0, 0.05) is 32.4 Å². The molecule has 1 saturated heterocycles. The average molecular weight is 338 g/mol. The summed E-state index contributed by atoms with van der Waals surface area (Å²) in [5.74, 6) is 0.835. The van der Waals surface area contributed by atoms with Crippen LogP contribution in [0.25, 0.3) is 11.0 Å². The Balaban J connectivity index is 1.46. The molecule has 0 amide bonds. The summed E-state index contributed by atoms with van der Waals surface area (Å²) in [5.41, 5.74) is 3.49. The normalized spacial score (nSPS) is 14.8. The van der Waals surface area contributed by atoms with E-state index in [9.17, 15) is 0 Å². The molecule has 0 spiro atoms. The zero-order valence-electron chi connectivity index (χ0n) is 14.4. The SMILES string of the molecule is Cn1ncc2c(NCCc3ccccc3N3CCOCC3)ncnc21. The van der Waals surface area contributed by atoms with E-state index in [2.05, 4.69) is 49.5 Å².